The van der Waals surface area contributed by atoms with Gasteiger partial charge in [-0.05, 0) is 55.2 Å². The number of amides is 2. The van der Waals surface area contributed by atoms with Crippen LogP contribution in [0.15, 0.2) is 48.5 Å². The fraction of sp³-hybridized carbons (Fsp3) is 0.433. The first kappa shape index (κ1) is 27.4. The SMILES string of the molecule is Cc1ccccc1[C@H]1SCC(=O)N(CC(=O)NC[C@@H]2CCCO2)c2c1c(C(C)(C)C)nn2-c1ccc(F)cc1. The Morgan fingerprint density at radius 3 is 2.59 bits per heavy atom. The molecule has 2 aliphatic rings. The average molecular weight is 551 g/mol. The van der Waals surface area contributed by atoms with Crippen LogP contribution < -0.4 is 10.2 Å². The molecule has 9 heteroatoms. The van der Waals surface area contributed by atoms with E-state index in [0.717, 1.165) is 35.2 Å². The summed E-state index contributed by atoms with van der Waals surface area (Å²) in [6, 6.07) is 14.2. The molecule has 2 aliphatic heterocycles. The number of nitrogens with zero attached hydrogens (tertiary/aromatic N) is 3. The van der Waals surface area contributed by atoms with E-state index in [4.69, 9.17) is 9.84 Å². The standard InChI is InChI=1S/C30H35FN4O3S/c1-19-8-5-6-10-23(19)27-26-28(30(2,3)4)33-35(21-13-11-20(31)12-14-21)29(26)34(25(37)18-39-27)17-24(36)32-16-22-9-7-15-38-22/h5-6,8,10-14,22,27H,7,9,15-18H2,1-4H3,(H,32,36)/t22-,27+/m0/s1. The minimum absolute atomic E-state index is 0.00238. The van der Waals surface area contributed by atoms with E-state index in [1.165, 1.54) is 12.1 Å². The minimum atomic E-state index is -0.363. The van der Waals surface area contributed by atoms with Crippen LogP contribution in [-0.4, -0.2) is 53.1 Å². The topological polar surface area (TPSA) is 76.5 Å². The lowest BCUT2D eigenvalue weighted by Gasteiger charge is -2.25. The highest BCUT2D eigenvalue weighted by molar-refractivity contribution is 8.00. The third-order valence-electron chi connectivity index (χ3n) is 7.19. The second-order valence-electron chi connectivity index (χ2n) is 11.2. The molecule has 0 spiro atoms. The van der Waals surface area contributed by atoms with Gasteiger partial charge in [-0.2, -0.15) is 5.10 Å². The van der Waals surface area contributed by atoms with Gasteiger partial charge < -0.3 is 10.1 Å². The number of anilines is 1. The second kappa shape index (κ2) is 11.1. The summed E-state index contributed by atoms with van der Waals surface area (Å²) in [5.41, 5.74) is 4.22. The Hall–Kier alpha value is -3.17. The molecule has 0 unspecified atom stereocenters. The zero-order valence-electron chi connectivity index (χ0n) is 22.9. The maximum absolute atomic E-state index is 13.9. The van der Waals surface area contributed by atoms with Crippen LogP contribution in [0.4, 0.5) is 10.2 Å². The number of aryl methyl sites for hydroxylation is 1. The summed E-state index contributed by atoms with van der Waals surface area (Å²) >= 11 is 1.55. The van der Waals surface area contributed by atoms with Crippen molar-refractivity contribution in [1.29, 1.82) is 0 Å². The summed E-state index contributed by atoms with van der Waals surface area (Å²) in [5, 5.41) is 7.83. The van der Waals surface area contributed by atoms with Crippen LogP contribution in [0.3, 0.4) is 0 Å². The van der Waals surface area contributed by atoms with Crippen LogP contribution in [0.5, 0.6) is 0 Å². The lowest BCUT2D eigenvalue weighted by atomic mass is 9.86. The fourth-order valence-electron chi connectivity index (χ4n) is 5.19. The molecule has 0 radical (unpaired) electrons. The van der Waals surface area contributed by atoms with Gasteiger partial charge in [0.15, 0.2) is 0 Å². The molecule has 5 rings (SSSR count). The molecule has 2 amide bonds. The molecular weight excluding hydrogens is 515 g/mol. The van der Waals surface area contributed by atoms with E-state index in [9.17, 15) is 14.0 Å². The van der Waals surface area contributed by atoms with Gasteiger partial charge in [-0.15, -0.1) is 11.8 Å². The van der Waals surface area contributed by atoms with Crippen LogP contribution >= 0.6 is 11.8 Å². The van der Waals surface area contributed by atoms with Gasteiger partial charge in [0.2, 0.25) is 11.8 Å². The zero-order valence-corrected chi connectivity index (χ0v) is 23.7. The molecule has 0 bridgehead atoms. The second-order valence-corrected chi connectivity index (χ2v) is 12.3. The predicted molar refractivity (Wildman–Crippen MR) is 152 cm³/mol. The summed E-state index contributed by atoms with van der Waals surface area (Å²) in [4.78, 5) is 28.5. The number of nitrogens with one attached hydrogen (secondary N) is 1. The van der Waals surface area contributed by atoms with Crippen molar-refractivity contribution in [3.63, 3.8) is 0 Å². The molecule has 7 nitrogen and oxygen atoms in total. The van der Waals surface area contributed by atoms with Gasteiger partial charge >= 0.3 is 0 Å². The van der Waals surface area contributed by atoms with Crippen LogP contribution in [0.2, 0.25) is 0 Å². The Labute approximate surface area is 233 Å². The molecule has 1 fully saturated rings. The van der Waals surface area contributed by atoms with E-state index in [1.807, 2.05) is 12.1 Å². The number of rotatable bonds is 6. The molecule has 39 heavy (non-hydrogen) atoms. The van der Waals surface area contributed by atoms with Crippen molar-refractivity contribution >= 4 is 29.4 Å². The summed E-state index contributed by atoms with van der Waals surface area (Å²) in [5.74, 6) is -0.0221. The van der Waals surface area contributed by atoms with Crippen molar-refractivity contribution in [2.75, 3.05) is 30.3 Å². The van der Waals surface area contributed by atoms with Crippen molar-refractivity contribution in [2.45, 2.75) is 57.3 Å². The van der Waals surface area contributed by atoms with Crippen molar-refractivity contribution in [1.82, 2.24) is 15.1 Å². The van der Waals surface area contributed by atoms with Crippen molar-refractivity contribution in [3.05, 3.63) is 76.7 Å². The monoisotopic (exact) mass is 550 g/mol. The largest absolute Gasteiger partial charge is 0.376 e. The molecule has 0 saturated carbocycles. The number of carbonyl (C=O) groups excluding carboxylic acids is 2. The Morgan fingerprint density at radius 2 is 1.92 bits per heavy atom. The number of hydrogen-bond acceptors (Lipinski definition) is 5. The number of ether oxygens (including phenoxy) is 1. The predicted octanol–water partition coefficient (Wildman–Crippen LogP) is 5.08. The molecule has 1 saturated heterocycles. The molecular formula is C30H35FN4O3S. The van der Waals surface area contributed by atoms with Gasteiger partial charge in [-0.1, -0.05) is 45.0 Å². The van der Waals surface area contributed by atoms with Crippen LogP contribution in [0.25, 0.3) is 5.69 Å². The fourth-order valence-corrected chi connectivity index (χ4v) is 6.49. The lowest BCUT2D eigenvalue weighted by molar-refractivity contribution is -0.123. The molecule has 2 atom stereocenters. The van der Waals surface area contributed by atoms with Crippen molar-refractivity contribution in [2.24, 2.45) is 0 Å². The Bertz CT molecular complexity index is 1360. The van der Waals surface area contributed by atoms with E-state index in [2.05, 4.69) is 45.1 Å². The average Bonchev–Trinajstić information content (AvgIpc) is 3.53. The number of aromatic nitrogens is 2. The number of hydrogen-bond donors (Lipinski definition) is 1. The Balaban J connectivity index is 1.66. The van der Waals surface area contributed by atoms with Crippen molar-refractivity contribution in [3.8, 4) is 5.69 Å². The van der Waals surface area contributed by atoms with E-state index >= 15 is 0 Å². The quantitative estimate of drug-likeness (QED) is 0.463. The number of fused-ring (bicyclic) bond motifs is 1. The lowest BCUT2D eigenvalue weighted by Crippen LogP contribution is -2.44. The molecule has 3 aromatic rings. The van der Waals surface area contributed by atoms with Gasteiger partial charge in [0.25, 0.3) is 0 Å². The Morgan fingerprint density at radius 1 is 1.18 bits per heavy atom. The van der Waals surface area contributed by atoms with Crippen LogP contribution in [0, 0.1) is 12.7 Å². The molecule has 1 N–H and O–H groups in total. The van der Waals surface area contributed by atoms with E-state index in [0.29, 0.717) is 24.7 Å². The van der Waals surface area contributed by atoms with E-state index in [-0.39, 0.29) is 46.7 Å². The summed E-state index contributed by atoms with van der Waals surface area (Å²) in [6.45, 7) is 9.33. The molecule has 1 aromatic heterocycles. The normalized spacial score (nSPS) is 19.6. The first-order chi connectivity index (χ1) is 18.6. The number of halogens is 1. The highest BCUT2D eigenvalue weighted by Crippen LogP contribution is 2.49. The van der Waals surface area contributed by atoms with Gasteiger partial charge in [0.05, 0.1) is 28.5 Å². The highest BCUT2D eigenvalue weighted by Gasteiger charge is 2.40. The van der Waals surface area contributed by atoms with Crippen LogP contribution in [0.1, 0.15) is 61.2 Å². The van der Waals surface area contributed by atoms with E-state index < -0.39 is 0 Å². The molecule has 206 valence electrons. The number of carbonyl (C=O) groups is 2. The van der Waals surface area contributed by atoms with Gasteiger partial charge in [-0.25, -0.2) is 9.07 Å². The maximum atomic E-state index is 13.9. The minimum Gasteiger partial charge on any atom is -0.376 e. The zero-order chi connectivity index (χ0) is 27.7. The number of benzene rings is 2. The first-order valence-electron chi connectivity index (χ1n) is 13.4. The van der Waals surface area contributed by atoms with Crippen LogP contribution in [-0.2, 0) is 19.7 Å². The summed E-state index contributed by atoms with van der Waals surface area (Å²) < 4.78 is 21.2. The first-order valence-corrected chi connectivity index (χ1v) is 14.4. The third kappa shape index (κ3) is 5.75. The smallest absolute Gasteiger partial charge is 0.240 e. The van der Waals surface area contributed by atoms with Gasteiger partial charge in [0.1, 0.15) is 18.2 Å². The Kier molecular flexibility index (Phi) is 7.82. The van der Waals surface area contributed by atoms with Gasteiger partial charge in [-0.3, -0.25) is 14.5 Å². The number of thioether (sulfide) groups is 1. The van der Waals surface area contributed by atoms with Crippen molar-refractivity contribution < 1.29 is 18.7 Å². The molecule has 0 aliphatic carbocycles. The van der Waals surface area contributed by atoms with Gasteiger partial charge in [0, 0.05) is 24.1 Å². The summed E-state index contributed by atoms with van der Waals surface area (Å²) in [7, 11) is 0. The summed E-state index contributed by atoms with van der Waals surface area (Å²) in [6.07, 6.45) is 1.90. The highest BCUT2D eigenvalue weighted by atomic mass is 32.2. The van der Waals surface area contributed by atoms with E-state index in [1.54, 1.807) is 33.5 Å². The molecule has 2 aromatic carbocycles. The third-order valence-corrected chi connectivity index (χ3v) is 8.43. The maximum Gasteiger partial charge on any atom is 0.240 e. The molecule has 3 heterocycles.